The third kappa shape index (κ3) is 4.16. The lowest BCUT2D eigenvalue weighted by Crippen LogP contribution is -2.35. The largest absolute Gasteiger partial charge is 0.243 e. The third-order valence-corrected chi connectivity index (χ3v) is 6.33. The van der Waals surface area contributed by atoms with Crippen LogP contribution in [0.3, 0.4) is 0 Å². The van der Waals surface area contributed by atoms with Gasteiger partial charge in [-0.15, -0.1) is 0 Å². The van der Waals surface area contributed by atoms with E-state index >= 15 is 0 Å². The Labute approximate surface area is 150 Å². The Morgan fingerprint density at radius 1 is 0.923 bits per heavy atom. The van der Waals surface area contributed by atoms with Crippen LogP contribution < -0.4 is 0 Å². The van der Waals surface area contributed by atoms with Crippen LogP contribution in [-0.4, -0.2) is 25.8 Å². The zero-order valence-electron chi connectivity index (χ0n) is 14.0. The van der Waals surface area contributed by atoms with Crippen LogP contribution in [0.15, 0.2) is 59.0 Å². The van der Waals surface area contributed by atoms with Gasteiger partial charge in [-0.1, -0.05) is 17.7 Å². The Balaban J connectivity index is 1.63. The van der Waals surface area contributed by atoms with E-state index in [-0.39, 0.29) is 11.4 Å². The fraction of sp³-hybridized carbons (Fsp3) is 0.263. The summed E-state index contributed by atoms with van der Waals surface area (Å²) >= 11 is 0. The zero-order chi connectivity index (χ0) is 18.7. The second kappa shape index (κ2) is 7.63. The van der Waals surface area contributed by atoms with Crippen molar-refractivity contribution in [2.24, 2.45) is 0 Å². The number of benzene rings is 2. The van der Waals surface area contributed by atoms with Gasteiger partial charge in [0.2, 0.25) is 10.0 Å². The first-order chi connectivity index (χ1) is 12.4. The van der Waals surface area contributed by atoms with E-state index in [2.05, 4.69) is 0 Å². The van der Waals surface area contributed by atoms with Crippen LogP contribution in [-0.2, 0) is 16.4 Å². The molecule has 0 atom stereocenters. The minimum Gasteiger partial charge on any atom is -0.207 e. The number of hydrogen-bond acceptors (Lipinski definition) is 2. The molecule has 2 aromatic carbocycles. The topological polar surface area (TPSA) is 37.4 Å². The van der Waals surface area contributed by atoms with Crippen molar-refractivity contribution in [3.05, 3.63) is 77.1 Å². The number of rotatable bonds is 5. The highest BCUT2D eigenvalue weighted by Crippen LogP contribution is 2.23. The van der Waals surface area contributed by atoms with Gasteiger partial charge in [0.1, 0.15) is 17.5 Å². The number of aryl methyl sites for hydroxylation is 1. The molecule has 0 aromatic heterocycles. The maximum absolute atomic E-state index is 13.7. The highest BCUT2D eigenvalue weighted by Gasteiger charge is 2.26. The molecule has 0 fully saturated rings. The second-order valence-corrected chi connectivity index (χ2v) is 8.10. The van der Waals surface area contributed by atoms with Gasteiger partial charge in [-0.25, -0.2) is 21.6 Å². The van der Waals surface area contributed by atoms with Crippen molar-refractivity contribution in [3.8, 4) is 0 Å². The van der Waals surface area contributed by atoms with Crippen molar-refractivity contribution in [1.29, 1.82) is 0 Å². The Hall–Kier alpha value is -2.12. The standard InChI is InChI=1S/C19H18F3NO2S/c20-16-5-7-18(8-6-16)26(24,25)23-11-9-14(10-12-23)1-2-15-3-4-17(21)13-19(15)22/h3-9,13H,1-2,10-12H2. The summed E-state index contributed by atoms with van der Waals surface area (Å²) in [5, 5.41) is 0. The molecule has 26 heavy (non-hydrogen) atoms. The summed E-state index contributed by atoms with van der Waals surface area (Å²) in [4.78, 5) is 0.0594. The Bertz CT molecular complexity index is 924. The van der Waals surface area contributed by atoms with Crippen molar-refractivity contribution >= 4 is 10.0 Å². The van der Waals surface area contributed by atoms with Crippen LogP contribution in [0.2, 0.25) is 0 Å². The molecule has 3 nitrogen and oxygen atoms in total. The quantitative estimate of drug-likeness (QED) is 0.733. The average Bonchev–Trinajstić information content (AvgIpc) is 2.62. The SMILES string of the molecule is O=S(=O)(c1ccc(F)cc1)N1CC=C(CCc2ccc(F)cc2F)CC1. The second-order valence-electron chi connectivity index (χ2n) is 6.17. The van der Waals surface area contributed by atoms with Crippen LogP contribution in [0.1, 0.15) is 18.4 Å². The lowest BCUT2D eigenvalue weighted by atomic mass is 10.00. The molecule has 0 amide bonds. The summed E-state index contributed by atoms with van der Waals surface area (Å²) in [6.45, 7) is 0.540. The van der Waals surface area contributed by atoms with E-state index in [1.165, 1.54) is 28.6 Å². The summed E-state index contributed by atoms with van der Waals surface area (Å²) in [6, 6.07) is 8.26. The highest BCUT2D eigenvalue weighted by atomic mass is 32.2. The number of sulfonamides is 1. The summed E-state index contributed by atoms with van der Waals surface area (Å²) in [7, 11) is -3.66. The molecule has 2 aromatic rings. The monoisotopic (exact) mass is 381 g/mol. The molecule has 0 spiro atoms. The maximum atomic E-state index is 13.7. The molecule has 0 N–H and O–H groups in total. The van der Waals surface area contributed by atoms with Crippen molar-refractivity contribution in [3.63, 3.8) is 0 Å². The van der Waals surface area contributed by atoms with E-state index in [4.69, 9.17) is 0 Å². The molecule has 1 aliphatic rings. The average molecular weight is 381 g/mol. The molecule has 0 aliphatic carbocycles. The van der Waals surface area contributed by atoms with Crippen molar-refractivity contribution in [2.75, 3.05) is 13.1 Å². The van der Waals surface area contributed by atoms with Crippen LogP contribution >= 0.6 is 0 Å². The molecule has 138 valence electrons. The Morgan fingerprint density at radius 3 is 2.23 bits per heavy atom. The van der Waals surface area contributed by atoms with Crippen LogP contribution in [0, 0.1) is 17.5 Å². The molecule has 0 unspecified atom stereocenters. The fourth-order valence-electron chi connectivity index (χ4n) is 2.91. The molecule has 1 heterocycles. The van der Waals surface area contributed by atoms with Gasteiger partial charge >= 0.3 is 0 Å². The van der Waals surface area contributed by atoms with E-state index in [9.17, 15) is 21.6 Å². The molecular formula is C19H18F3NO2S. The molecule has 0 saturated heterocycles. The lowest BCUT2D eigenvalue weighted by Gasteiger charge is -2.26. The van der Waals surface area contributed by atoms with E-state index in [1.54, 1.807) is 0 Å². The fourth-order valence-corrected chi connectivity index (χ4v) is 4.29. The highest BCUT2D eigenvalue weighted by molar-refractivity contribution is 7.89. The maximum Gasteiger partial charge on any atom is 0.243 e. The summed E-state index contributed by atoms with van der Waals surface area (Å²) in [5.74, 6) is -1.66. The predicted molar refractivity (Wildman–Crippen MR) is 92.5 cm³/mol. The molecule has 1 aliphatic heterocycles. The smallest absolute Gasteiger partial charge is 0.207 e. The lowest BCUT2D eigenvalue weighted by molar-refractivity contribution is 0.427. The van der Waals surface area contributed by atoms with Gasteiger partial charge in [-0.3, -0.25) is 0 Å². The Morgan fingerprint density at radius 2 is 1.62 bits per heavy atom. The minimum atomic E-state index is -3.66. The van der Waals surface area contributed by atoms with E-state index in [1.807, 2.05) is 6.08 Å². The van der Waals surface area contributed by atoms with Crippen LogP contribution in [0.5, 0.6) is 0 Å². The number of halogens is 3. The summed E-state index contributed by atoms with van der Waals surface area (Å²) in [5.41, 5.74) is 1.48. The number of hydrogen-bond donors (Lipinski definition) is 0. The number of nitrogens with zero attached hydrogens (tertiary/aromatic N) is 1. The van der Waals surface area contributed by atoms with Gasteiger partial charge in [-0.05, 0) is 55.2 Å². The predicted octanol–water partition coefficient (Wildman–Crippen LogP) is 4.06. The first-order valence-electron chi connectivity index (χ1n) is 8.24. The molecule has 3 rings (SSSR count). The first-order valence-corrected chi connectivity index (χ1v) is 9.68. The van der Waals surface area contributed by atoms with E-state index < -0.39 is 27.5 Å². The zero-order valence-corrected chi connectivity index (χ0v) is 14.8. The third-order valence-electron chi connectivity index (χ3n) is 4.45. The van der Waals surface area contributed by atoms with Crippen LogP contribution in [0.25, 0.3) is 0 Å². The van der Waals surface area contributed by atoms with Gasteiger partial charge in [0.15, 0.2) is 0 Å². The minimum absolute atomic E-state index is 0.0594. The van der Waals surface area contributed by atoms with E-state index in [0.717, 1.165) is 23.8 Å². The first kappa shape index (κ1) is 18.7. The van der Waals surface area contributed by atoms with E-state index in [0.29, 0.717) is 31.4 Å². The van der Waals surface area contributed by atoms with Crippen LogP contribution in [0.4, 0.5) is 13.2 Å². The van der Waals surface area contributed by atoms with Crippen molar-refractivity contribution in [2.45, 2.75) is 24.2 Å². The molecule has 0 saturated carbocycles. The van der Waals surface area contributed by atoms with Crippen molar-refractivity contribution in [1.82, 2.24) is 4.31 Å². The Kier molecular flexibility index (Phi) is 5.48. The molecular weight excluding hydrogens is 363 g/mol. The summed E-state index contributed by atoms with van der Waals surface area (Å²) in [6.07, 6.45) is 3.39. The van der Waals surface area contributed by atoms with Gasteiger partial charge in [0, 0.05) is 19.2 Å². The van der Waals surface area contributed by atoms with Crippen molar-refractivity contribution < 1.29 is 21.6 Å². The van der Waals surface area contributed by atoms with Gasteiger partial charge in [-0.2, -0.15) is 4.31 Å². The molecule has 7 heteroatoms. The normalized spacial score (nSPS) is 15.7. The van der Waals surface area contributed by atoms with Gasteiger partial charge in [0.25, 0.3) is 0 Å². The molecule has 0 bridgehead atoms. The van der Waals surface area contributed by atoms with Gasteiger partial charge in [0.05, 0.1) is 4.90 Å². The summed E-state index contributed by atoms with van der Waals surface area (Å²) < 4.78 is 66.0. The van der Waals surface area contributed by atoms with Gasteiger partial charge < -0.3 is 0 Å². The molecule has 0 radical (unpaired) electrons.